The van der Waals surface area contributed by atoms with Crippen molar-refractivity contribution in [3.63, 3.8) is 0 Å². The van der Waals surface area contributed by atoms with E-state index in [2.05, 4.69) is 19.8 Å². The van der Waals surface area contributed by atoms with Crippen LogP contribution in [0, 0.1) is 0 Å². The number of piperidine rings is 1. The Bertz CT molecular complexity index is 776. The van der Waals surface area contributed by atoms with Crippen LogP contribution in [0.25, 0.3) is 11.4 Å². The molecule has 0 atom stereocenters. The van der Waals surface area contributed by atoms with Gasteiger partial charge in [0.05, 0.1) is 5.69 Å². The van der Waals surface area contributed by atoms with E-state index in [-0.39, 0.29) is 5.69 Å². The first-order chi connectivity index (χ1) is 13.0. The zero-order chi connectivity index (χ0) is 18.9. The average Bonchev–Trinajstić information content (AvgIpc) is 3.05. The van der Waals surface area contributed by atoms with Crippen LogP contribution in [0.1, 0.15) is 36.7 Å². The van der Waals surface area contributed by atoms with Crippen molar-refractivity contribution in [3.05, 3.63) is 35.9 Å². The monoisotopic (exact) mass is 379 g/mol. The quantitative estimate of drug-likeness (QED) is 0.867. The molecule has 0 bridgehead atoms. The zero-order valence-corrected chi connectivity index (χ0v) is 15.2. The number of alkyl halides is 3. The molecular formula is C19H24F3N5. The van der Waals surface area contributed by atoms with E-state index in [0.717, 1.165) is 64.0 Å². The van der Waals surface area contributed by atoms with Gasteiger partial charge in [-0.25, -0.2) is 9.97 Å². The fraction of sp³-hybridized carbons (Fsp3) is 0.579. The summed E-state index contributed by atoms with van der Waals surface area (Å²) in [5.41, 5.74) is -0.0699. The van der Waals surface area contributed by atoms with E-state index >= 15 is 0 Å². The molecule has 0 radical (unpaired) electrons. The highest BCUT2D eigenvalue weighted by Crippen LogP contribution is 2.31. The summed E-state index contributed by atoms with van der Waals surface area (Å²) in [5, 5.41) is 3.35. The van der Waals surface area contributed by atoms with E-state index in [0.29, 0.717) is 11.6 Å². The van der Waals surface area contributed by atoms with Crippen LogP contribution >= 0.6 is 0 Å². The van der Waals surface area contributed by atoms with Gasteiger partial charge in [0.2, 0.25) is 0 Å². The molecule has 0 saturated carbocycles. The molecule has 0 aromatic carbocycles. The van der Waals surface area contributed by atoms with Crippen LogP contribution in [0.4, 0.5) is 13.2 Å². The normalized spacial score (nSPS) is 19.2. The minimum atomic E-state index is -4.45. The van der Waals surface area contributed by atoms with E-state index in [9.17, 15) is 13.2 Å². The molecule has 2 aromatic heterocycles. The number of hydrogen-bond donors (Lipinski definition) is 1. The van der Waals surface area contributed by atoms with Gasteiger partial charge in [-0.15, -0.1) is 0 Å². The fourth-order valence-corrected chi connectivity index (χ4v) is 3.73. The number of nitrogens with one attached hydrogen (secondary N) is 1. The molecule has 2 aliphatic rings. The Hall–Kier alpha value is -1.93. The Labute approximate surface area is 156 Å². The number of imidazole rings is 1. The topological polar surface area (TPSA) is 46.0 Å². The van der Waals surface area contributed by atoms with Gasteiger partial charge in [-0.3, -0.25) is 0 Å². The maximum Gasteiger partial charge on any atom is 0.433 e. The number of hydrogen-bond acceptors (Lipinski definition) is 4. The summed E-state index contributed by atoms with van der Waals surface area (Å²) in [6, 6.07) is 4.00. The minimum Gasteiger partial charge on any atom is -0.333 e. The lowest BCUT2D eigenvalue weighted by Gasteiger charge is -2.31. The van der Waals surface area contributed by atoms with Gasteiger partial charge in [0, 0.05) is 25.2 Å². The van der Waals surface area contributed by atoms with Gasteiger partial charge in [0.15, 0.2) is 0 Å². The Morgan fingerprint density at radius 2 is 1.81 bits per heavy atom. The van der Waals surface area contributed by atoms with Crippen molar-refractivity contribution in [3.8, 4) is 11.4 Å². The molecule has 0 amide bonds. The first-order valence-electron chi connectivity index (χ1n) is 9.55. The highest BCUT2D eigenvalue weighted by atomic mass is 19.4. The minimum absolute atomic E-state index is 0.280. The summed E-state index contributed by atoms with van der Waals surface area (Å²) >= 11 is 0. The summed E-state index contributed by atoms with van der Waals surface area (Å²) in [4.78, 5) is 10.9. The summed E-state index contributed by atoms with van der Waals surface area (Å²) < 4.78 is 41.2. The molecule has 2 aliphatic heterocycles. The molecule has 1 N–H and O–H groups in total. The molecule has 0 aliphatic carbocycles. The highest BCUT2D eigenvalue weighted by molar-refractivity contribution is 5.54. The molecule has 27 heavy (non-hydrogen) atoms. The van der Waals surface area contributed by atoms with Crippen LogP contribution in [0.15, 0.2) is 24.4 Å². The van der Waals surface area contributed by atoms with Crippen molar-refractivity contribution in [2.75, 3.05) is 32.7 Å². The lowest BCUT2D eigenvalue weighted by Crippen LogP contribution is -2.39. The molecule has 2 aromatic rings. The van der Waals surface area contributed by atoms with Crippen LogP contribution < -0.4 is 5.32 Å². The third-order valence-electron chi connectivity index (χ3n) is 5.42. The van der Waals surface area contributed by atoms with E-state index in [1.807, 2.05) is 6.20 Å². The molecule has 146 valence electrons. The SMILES string of the molecule is FC(F)(F)c1cccc(-c2cn(CCN3CCC3)c(C3CCNCC3)n2)n1. The molecule has 4 rings (SSSR count). The number of likely N-dealkylation sites (tertiary alicyclic amines) is 1. The molecule has 8 heteroatoms. The highest BCUT2D eigenvalue weighted by Gasteiger charge is 2.33. The van der Waals surface area contributed by atoms with Crippen molar-refractivity contribution in [2.24, 2.45) is 0 Å². The largest absolute Gasteiger partial charge is 0.433 e. The second-order valence-electron chi connectivity index (χ2n) is 7.30. The standard InChI is InChI=1S/C19H24F3N5/c20-19(21,22)17-4-1-3-15(24-17)16-13-27(12-11-26-9-2-10-26)18(25-16)14-5-7-23-8-6-14/h1,3-4,13-14,23H,2,5-12H2. The van der Waals surface area contributed by atoms with Crippen molar-refractivity contribution in [1.82, 2.24) is 24.8 Å². The Morgan fingerprint density at radius 3 is 2.48 bits per heavy atom. The van der Waals surface area contributed by atoms with Crippen molar-refractivity contribution < 1.29 is 13.2 Å². The number of rotatable bonds is 5. The van der Waals surface area contributed by atoms with Crippen LogP contribution in [0.2, 0.25) is 0 Å². The second-order valence-corrected chi connectivity index (χ2v) is 7.30. The number of pyridine rings is 1. The molecule has 5 nitrogen and oxygen atoms in total. The Kier molecular flexibility index (Phi) is 5.19. The molecule has 0 spiro atoms. The van der Waals surface area contributed by atoms with Crippen LogP contribution in [0.3, 0.4) is 0 Å². The number of aromatic nitrogens is 3. The fourth-order valence-electron chi connectivity index (χ4n) is 3.73. The summed E-state index contributed by atoms with van der Waals surface area (Å²) in [5.74, 6) is 1.31. The lowest BCUT2D eigenvalue weighted by molar-refractivity contribution is -0.141. The van der Waals surface area contributed by atoms with E-state index in [1.54, 1.807) is 6.07 Å². The zero-order valence-electron chi connectivity index (χ0n) is 15.2. The van der Waals surface area contributed by atoms with Crippen LogP contribution in [-0.4, -0.2) is 52.2 Å². The Balaban J connectivity index is 1.63. The van der Waals surface area contributed by atoms with Gasteiger partial charge >= 0.3 is 6.18 Å². The predicted octanol–water partition coefficient (Wildman–Crippen LogP) is 3.14. The third kappa shape index (κ3) is 4.16. The van der Waals surface area contributed by atoms with Gasteiger partial charge in [-0.2, -0.15) is 13.2 Å². The van der Waals surface area contributed by atoms with Gasteiger partial charge in [-0.05, 0) is 57.6 Å². The van der Waals surface area contributed by atoms with Gasteiger partial charge in [0.1, 0.15) is 17.2 Å². The average molecular weight is 379 g/mol. The molecule has 2 saturated heterocycles. The first-order valence-corrected chi connectivity index (χ1v) is 9.55. The van der Waals surface area contributed by atoms with E-state index in [4.69, 9.17) is 4.98 Å². The summed E-state index contributed by atoms with van der Waals surface area (Å²) in [7, 11) is 0. The lowest BCUT2D eigenvalue weighted by atomic mass is 9.97. The number of halogens is 3. The van der Waals surface area contributed by atoms with Gasteiger partial charge in [0.25, 0.3) is 0 Å². The summed E-state index contributed by atoms with van der Waals surface area (Å²) in [6.07, 6.45) is 0.657. The Morgan fingerprint density at radius 1 is 1.04 bits per heavy atom. The van der Waals surface area contributed by atoms with Crippen LogP contribution in [-0.2, 0) is 12.7 Å². The van der Waals surface area contributed by atoms with Crippen molar-refractivity contribution in [2.45, 2.75) is 37.9 Å². The maximum atomic E-state index is 13.0. The third-order valence-corrected chi connectivity index (χ3v) is 5.42. The van der Waals surface area contributed by atoms with E-state index < -0.39 is 11.9 Å². The van der Waals surface area contributed by atoms with Gasteiger partial charge in [-0.1, -0.05) is 6.07 Å². The molecule has 0 unspecified atom stereocenters. The molecule has 2 fully saturated rings. The van der Waals surface area contributed by atoms with Gasteiger partial charge < -0.3 is 14.8 Å². The predicted molar refractivity (Wildman–Crippen MR) is 96.4 cm³/mol. The first kappa shape index (κ1) is 18.4. The maximum absolute atomic E-state index is 13.0. The van der Waals surface area contributed by atoms with Crippen molar-refractivity contribution in [1.29, 1.82) is 0 Å². The summed E-state index contributed by atoms with van der Waals surface area (Å²) in [6.45, 7) is 5.90. The smallest absolute Gasteiger partial charge is 0.333 e. The molecule has 4 heterocycles. The number of nitrogens with zero attached hydrogens (tertiary/aromatic N) is 4. The molecular weight excluding hydrogens is 355 g/mol. The van der Waals surface area contributed by atoms with Crippen molar-refractivity contribution >= 4 is 0 Å². The van der Waals surface area contributed by atoms with Crippen LogP contribution in [0.5, 0.6) is 0 Å². The van der Waals surface area contributed by atoms with E-state index in [1.165, 1.54) is 12.5 Å². The second kappa shape index (κ2) is 7.59.